The van der Waals surface area contributed by atoms with Crippen LogP contribution in [-0.4, -0.2) is 31.6 Å². The molecule has 110 valence electrons. The van der Waals surface area contributed by atoms with Crippen molar-refractivity contribution in [2.24, 2.45) is 5.92 Å². The average Bonchev–Trinajstić information content (AvgIpc) is 2.39. The third-order valence-corrected chi connectivity index (χ3v) is 2.57. The molecule has 0 fully saturated rings. The molecule has 20 heavy (non-hydrogen) atoms. The zero-order valence-electron chi connectivity index (χ0n) is 12.0. The Balaban J connectivity index is 2.11. The van der Waals surface area contributed by atoms with Gasteiger partial charge in [-0.05, 0) is 24.5 Å². The van der Waals surface area contributed by atoms with Crippen LogP contribution in [0.25, 0.3) is 0 Å². The molecule has 5 heteroatoms. The van der Waals surface area contributed by atoms with Crippen LogP contribution < -0.4 is 10.6 Å². The minimum absolute atomic E-state index is 0.0969. The number of carbonyl (C=O) groups is 2. The molecule has 0 heterocycles. The Morgan fingerprint density at radius 3 is 2.40 bits per heavy atom. The Hall–Kier alpha value is -1.88. The number of nitrogens with one attached hydrogen (secondary N) is 2. The highest BCUT2D eigenvalue weighted by Gasteiger charge is 2.05. The van der Waals surface area contributed by atoms with Gasteiger partial charge in [-0.2, -0.15) is 0 Å². The normalized spacial score (nSPS) is 10.3. The van der Waals surface area contributed by atoms with Crippen LogP contribution in [-0.2, 0) is 14.3 Å². The van der Waals surface area contributed by atoms with E-state index >= 15 is 0 Å². The lowest BCUT2D eigenvalue weighted by molar-refractivity contribution is -0.128. The Labute approximate surface area is 119 Å². The summed E-state index contributed by atoms with van der Waals surface area (Å²) in [5, 5.41) is 5.42. The molecular formula is C15H22N2O3. The second-order valence-electron chi connectivity index (χ2n) is 4.94. The van der Waals surface area contributed by atoms with E-state index in [4.69, 9.17) is 4.74 Å². The highest BCUT2D eigenvalue weighted by Crippen LogP contribution is 2.04. The maximum atomic E-state index is 11.5. The van der Waals surface area contributed by atoms with E-state index in [-0.39, 0.29) is 25.0 Å². The van der Waals surface area contributed by atoms with Crippen molar-refractivity contribution in [3.63, 3.8) is 0 Å². The van der Waals surface area contributed by atoms with E-state index in [9.17, 15) is 9.59 Å². The third-order valence-electron chi connectivity index (χ3n) is 2.57. The van der Waals surface area contributed by atoms with Crippen molar-refractivity contribution >= 4 is 17.5 Å². The minimum Gasteiger partial charge on any atom is -0.362 e. The van der Waals surface area contributed by atoms with Crippen molar-refractivity contribution in [3.05, 3.63) is 30.3 Å². The predicted octanol–water partition coefficient (Wildman–Crippen LogP) is 1.80. The number of para-hydroxylation sites is 1. The monoisotopic (exact) mass is 278 g/mol. The number of benzene rings is 1. The van der Waals surface area contributed by atoms with E-state index < -0.39 is 0 Å². The van der Waals surface area contributed by atoms with E-state index in [1.807, 2.05) is 18.2 Å². The van der Waals surface area contributed by atoms with Crippen molar-refractivity contribution in [2.75, 3.05) is 25.1 Å². The molecule has 0 radical (unpaired) electrons. The first-order valence-electron chi connectivity index (χ1n) is 6.77. The summed E-state index contributed by atoms with van der Waals surface area (Å²) in [6.45, 7) is 4.59. The Bertz CT molecular complexity index is 418. The quantitative estimate of drug-likeness (QED) is 0.762. The summed E-state index contributed by atoms with van der Waals surface area (Å²) in [7, 11) is 0. The topological polar surface area (TPSA) is 67.4 Å². The zero-order chi connectivity index (χ0) is 14.8. The molecule has 0 aromatic heterocycles. The number of ether oxygens (including phenoxy) is 1. The standard InChI is InChI=1S/C15H22N2O3/c1-12(2)8-9-16-14(18)10-20-11-15(19)17-13-6-4-3-5-7-13/h3-7,12H,8-11H2,1-2H3,(H,16,18)(H,17,19). The van der Waals surface area contributed by atoms with Gasteiger partial charge >= 0.3 is 0 Å². The second-order valence-corrected chi connectivity index (χ2v) is 4.94. The van der Waals surface area contributed by atoms with Gasteiger partial charge in [0.15, 0.2) is 0 Å². The lowest BCUT2D eigenvalue weighted by Gasteiger charge is -2.08. The molecule has 0 bridgehead atoms. The average molecular weight is 278 g/mol. The van der Waals surface area contributed by atoms with E-state index in [1.54, 1.807) is 12.1 Å². The van der Waals surface area contributed by atoms with Gasteiger partial charge in [-0.3, -0.25) is 9.59 Å². The summed E-state index contributed by atoms with van der Waals surface area (Å²) in [5.41, 5.74) is 0.711. The van der Waals surface area contributed by atoms with Crippen LogP contribution in [0.4, 0.5) is 5.69 Å². The van der Waals surface area contributed by atoms with Crippen LogP contribution in [0.3, 0.4) is 0 Å². The summed E-state index contributed by atoms with van der Waals surface area (Å²) in [6.07, 6.45) is 0.931. The van der Waals surface area contributed by atoms with Crippen LogP contribution in [0.1, 0.15) is 20.3 Å². The van der Waals surface area contributed by atoms with Gasteiger partial charge in [0.25, 0.3) is 0 Å². The highest BCUT2D eigenvalue weighted by molar-refractivity contribution is 5.91. The van der Waals surface area contributed by atoms with Crippen molar-refractivity contribution in [3.8, 4) is 0 Å². The second kappa shape index (κ2) is 9.09. The molecule has 0 aliphatic heterocycles. The number of rotatable bonds is 8. The van der Waals surface area contributed by atoms with E-state index in [1.165, 1.54) is 0 Å². The first-order valence-corrected chi connectivity index (χ1v) is 6.77. The fourth-order valence-corrected chi connectivity index (χ4v) is 1.51. The maximum absolute atomic E-state index is 11.5. The molecule has 0 spiro atoms. The summed E-state index contributed by atoms with van der Waals surface area (Å²) in [5.74, 6) is 0.0808. The first kappa shape index (κ1) is 16.2. The maximum Gasteiger partial charge on any atom is 0.250 e. The Morgan fingerprint density at radius 1 is 1.10 bits per heavy atom. The molecule has 0 aliphatic carbocycles. The SMILES string of the molecule is CC(C)CCNC(=O)COCC(=O)Nc1ccccc1. The first-order chi connectivity index (χ1) is 9.58. The smallest absolute Gasteiger partial charge is 0.250 e. The minimum atomic E-state index is -0.272. The van der Waals surface area contributed by atoms with Gasteiger partial charge in [-0.1, -0.05) is 32.0 Å². The molecule has 0 atom stereocenters. The van der Waals surface area contributed by atoms with Crippen molar-refractivity contribution in [2.45, 2.75) is 20.3 Å². The largest absolute Gasteiger partial charge is 0.362 e. The number of hydrogen-bond acceptors (Lipinski definition) is 3. The van der Waals surface area contributed by atoms with Gasteiger partial charge in [0.05, 0.1) is 0 Å². The van der Waals surface area contributed by atoms with Crippen LogP contribution in [0.15, 0.2) is 30.3 Å². The molecule has 0 unspecified atom stereocenters. The molecule has 1 aromatic rings. The van der Waals surface area contributed by atoms with E-state index in [0.29, 0.717) is 18.2 Å². The van der Waals surface area contributed by atoms with Crippen molar-refractivity contribution in [1.82, 2.24) is 5.32 Å². The van der Waals surface area contributed by atoms with Gasteiger partial charge in [-0.25, -0.2) is 0 Å². The summed E-state index contributed by atoms with van der Waals surface area (Å²) < 4.78 is 5.06. The van der Waals surface area contributed by atoms with E-state index in [0.717, 1.165) is 6.42 Å². The van der Waals surface area contributed by atoms with Gasteiger partial charge < -0.3 is 15.4 Å². The van der Waals surface area contributed by atoms with Crippen molar-refractivity contribution in [1.29, 1.82) is 0 Å². The predicted molar refractivity (Wildman–Crippen MR) is 78.4 cm³/mol. The van der Waals surface area contributed by atoms with E-state index in [2.05, 4.69) is 24.5 Å². The molecule has 2 N–H and O–H groups in total. The van der Waals surface area contributed by atoms with Gasteiger partial charge in [0.1, 0.15) is 13.2 Å². The van der Waals surface area contributed by atoms with Crippen molar-refractivity contribution < 1.29 is 14.3 Å². The van der Waals surface area contributed by atoms with Crippen LogP contribution >= 0.6 is 0 Å². The van der Waals surface area contributed by atoms with Crippen LogP contribution in [0, 0.1) is 5.92 Å². The number of amides is 2. The summed E-state index contributed by atoms with van der Waals surface area (Å²) >= 11 is 0. The molecule has 5 nitrogen and oxygen atoms in total. The Kier molecular flexibility index (Phi) is 7.35. The lowest BCUT2D eigenvalue weighted by Crippen LogP contribution is -2.30. The highest BCUT2D eigenvalue weighted by atomic mass is 16.5. The molecule has 0 saturated heterocycles. The van der Waals surface area contributed by atoms with Gasteiger partial charge in [0.2, 0.25) is 11.8 Å². The molecule has 1 aromatic carbocycles. The fourth-order valence-electron chi connectivity index (χ4n) is 1.51. The third kappa shape index (κ3) is 7.53. The number of hydrogen-bond donors (Lipinski definition) is 2. The molecular weight excluding hydrogens is 256 g/mol. The lowest BCUT2D eigenvalue weighted by atomic mass is 10.1. The fraction of sp³-hybridized carbons (Fsp3) is 0.467. The Morgan fingerprint density at radius 2 is 1.75 bits per heavy atom. The zero-order valence-corrected chi connectivity index (χ0v) is 12.0. The van der Waals surface area contributed by atoms with Crippen LogP contribution in [0.2, 0.25) is 0 Å². The molecule has 0 aliphatic rings. The van der Waals surface area contributed by atoms with Crippen LogP contribution in [0.5, 0.6) is 0 Å². The molecule has 1 rings (SSSR count). The molecule has 2 amide bonds. The number of anilines is 1. The summed E-state index contributed by atoms with van der Waals surface area (Å²) in [6, 6.07) is 9.11. The summed E-state index contributed by atoms with van der Waals surface area (Å²) in [4.78, 5) is 22.9. The van der Waals surface area contributed by atoms with Gasteiger partial charge in [-0.15, -0.1) is 0 Å². The number of carbonyl (C=O) groups excluding carboxylic acids is 2. The van der Waals surface area contributed by atoms with Gasteiger partial charge in [0, 0.05) is 12.2 Å². The molecule has 0 saturated carbocycles.